The van der Waals surface area contributed by atoms with Crippen LogP contribution in [-0.2, 0) is 6.54 Å². The van der Waals surface area contributed by atoms with Crippen LogP contribution in [0.1, 0.15) is 22.3 Å². The summed E-state index contributed by atoms with van der Waals surface area (Å²) < 4.78 is 13.1. The van der Waals surface area contributed by atoms with Crippen LogP contribution in [0, 0.1) is 5.82 Å². The Bertz CT molecular complexity index is 923. The van der Waals surface area contributed by atoms with E-state index >= 15 is 0 Å². The third kappa shape index (κ3) is 4.46. The monoisotopic (exact) mass is 374 g/mol. The molecule has 1 heterocycles. The number of nitrogens with zero attached hydrogens (tertiary/aromatic N) is 1. The molecule has 1 fully saturated rings. The Labute approximate surface area is 164 Å². The molecule has 1 saturated heterocycles. The van der Waals surface area contributed by atoms with Crippen LogP contribution in [0.4, 0.5) is 4.39 Å². The predicted molar refractivity (Wildman–Crippen MR) is 109 cm³/mol. The Kier molecular flexibility index (Phi) is 5.49. The second-order valence-electron chi connectivity index (χ2n) is 7.26. The van der Waals surface area contributed by atoms with Gasteiger partial charge in [0.05, 0.1) is 0 Å². The summed E-state index contributed by atoms with van der Waals surface area (Å²) in [6.45, 7) is 2.78. The van der Waals surface area contributed by atoms with Gasteiger partial charge in [-0.3, -0.25) is 9.69 Å². The van der Waals surface area contributed by atoms with E-state index < -0.39 is 0 Å². The number of carbonyl (C=O) groups excluding carboxylic acids is 1. The van der Waals surface area contributed by atoms with Crippen molar-refractivity contribution in [2.24, 2.45) is 0 Å². The van der Waals surface area contributed by atoms with Crippen molar-refractivity contribution in [3.05, 3.63) is 95.8 Å². The summed E-state index contributed by atoms with van der Waals surface area (Å²) in [5.41, 5.74) is 3.84. The van der Waals surface area contributed by atoms with E-state index in [0.717, 1.165) is 37.2 Å². The molecule has 4 rings (SSSR count). The summed E-state index contributed by atoms with van der Waals surface area (Å²) >= 11 is 0. The van der Waals surface area contributed by atoms with Crippen LogP contribution in [0.5, 0.6) is 0 Å². The van der Waals surface area contributed by atoms with Crippen LogP contribution in [0.15, 0.2) is 78.9 Å². The summed E-state index contributed by atoms with van der Waals surface area (Å²) in [7, 11) is 0. The molecule has 1 unspecified atom stereocenters. The van der Waals surface area contributed by atoms with Crippen molar-refractivity contribution in [3.63, 3.8) is 0 Å². The summed E-state index contributed by atoms with van der Waals surface area (Å²) in [5, 5.41) is 3.15. The average molecular weight is 374 g/mol. The van der Waals surface area contributed by atoms with Crippen molar-refractivity contribution in [2.45, 2.75) is 19.0 Å². The van der Waals surface area contributed by atoms with Crippen molar-refractivity contribution in [3.8, 4) is 11.1 Å². The Morgan fingerprint density at radius 2 is 1.57 bits per heavy atom. The Morgan fingerprint density at radius 1 is 0.929 bits per heavy atom. The van der Waals surface area contributed by atoms with E-state index in [1.54, 1.807) is 12.1 Å². The van der Waals surface area contributed by atoms with Gasteiger partial charge < -0.3 is 5.32 Å². The summed E-state index contributed by atoms with van der Waals surface area (Å²) in [6.07, 6.45) is 0.965. The lowest BCUT2D eigenvalue weighted by Gasteiger charge is -2.17. The van der Waals surface area contributed by atoms with Gasteiger partial charge in [-0.15, -0.1) is 0 Å². The van der Waals surface area contributed by atoms with Gasteiger partial charge in [-0.2, -0.15) is 0 Å². The van der Waals surface area contributed by atoms with Gasteiger partial charge in [0.2, 0.25) is 0 Å². The molecule has 0 saturated carbocycles. The van der Waals surface area contributed by atoms with Crippen LogP contribution in [0.25, 0.3) is 11.1 Å². The van der Waals surface area contributed by atoms with E-state index in [2.05, 4.69) is 34.5 Å². The lowest BCUT2D eigenvalue weighted by atomic mass is 10.0. The maximum Gasteiger partial charge on any atom is 0.251 e. The highest BCUT2D eigenvalue weighted by molar-refractivity contribution is 5.94. The van der Waals surface area contributed by atoms with Crippen LogP contribution in [0.2, 0.25) is 0 Å². The SMILES string of the molecule is O=C(NC1CCN(Cc2ccccc2)C1)c1ccc(-c2ccc(F)cc2)cc1. The summed E-state index contributed by atoms with van der Waals surface area (Å²) in [5.74, 6) is -0.296. The van der Waals surface area contributed by atoms with E-state index in [-0.39, 0.29) is 17.8 Å². The number of likely N-dealkylation sites (tertiary alicyclic amines) is 1. The van der Waals surface area contributed by atoms with Crippen molar-refractivity contribution in [2.75, 3.05) is 13.1 Å². The fraction of sp³-hybridized carbons (Fsp3) is 0.208. The molecule has 0 aromatic heterocycles. The van der Waals surface area contributed by atoms with Crippen molar-refractivity contribution in [1.29, 1.82) is 0 Å². The molecular formula is C24H23FN2O. The second-order valence-corrected chi connectivity index (χ2v) is 7.26. The number of halogens is 1. The quantitative estimate of drug-likeness (QED) is 0.713. The number of rotatable bonds is 5. The van der Waals surface area contributed by atoms with Crippen molar-refractivity contribution >= 4 is 5.91 Å². The van der Waals surface area contributed by atoms with Gasteiger partial charge >= 0.3 is 0 Å². The minimum absolute atomic E-state index is 0.0442. The van der Waals surface area contributed by atoms with E-state index in [1.165, 1.54) is 17.7 Å². The smallest absolute Gasteiger partial charge is 0.251 e. The van der Waals surface area contributed by atoms with Crippen molar-refractivity contribution < 1.29 is 9.18 Å². The normalized spacial score (nSPS) is 16.8. The van der Waals surface area contributed by atoms with Crippen LogP contribution in [0.3, 0.4) is 0 Å². The first-order valence-corrected chi connectivity index (χ1v) is 9.60. The lowest BCUT2D eigenvalue weighted by Crippen LogP contribution is -2.36. The molecule has 4 heteroatoms. The van der Waals surface area contributed by atoms with Gasteiger partial charge in [0, 0.05) is 31.2 Å². The number of benzene rings is 3. The second kappa shape index (κ2) is 8.36. The molecule has 0 spiro atoms. The lowest BCUT2D eigenvalue weighted by molar-refractivity contribution is 0.0937. The Balaban J connectivity index is 1.33. The zero-order chi connectivity index (χ0) is 19.3. The van der Waals surface area contributed by atoms with Crippen LogP contribution < -0.4 is 5.32 Å². The molecule has 3 aromatic carbocycles. The van der Waals surface area contributed by atoms with Crippen LogP contribution in [-0.4, -0.2) is 29.9 Å². The molecule has 1 aliphatic heterocycles. The molecule has 3 nitrogen and oxygen atoms in total. The number of amides is 1. The van der Waals surface area contributed by atoms with E-state index in [9.17, 15) is 9.18 Å². The molecule has 1 aliphatic rings. The third-order valence-corrected chi connectivity index (χ3v) is 5.18. The maximum atomic E-state index is 13.1. The largest absolute Gasteiger partial charge is 0.348 e. The van der Waals surface area contributed by atoms with E-state index in [4.69, 9.17) is 0 Å². The Hall–Kier alpha value is -2.98. The van der Waals surface area contributed by atoms with Crippen LogP contribution >= 0.6 is 0 Å². The maximum absolute atomic E-state index is 13.1. The highest BCUT2D eigenvalue weighted by Crippen LogP contribution is 2.20. The predicted octanol–water partition coefficient (Wildman–Crippen LogP) is 4.50. The summed E-state index contributed by atoms with van der Waals surface area (Å²) in [4.78, 5) is 15.0. The minimum atomic E-state index is -0.252. The fourth-order valence-electron chi connectivity index (χ4n) is 3.66. The molecule has 1 N–H and O–H groups in total. The first-order chi connectivity index (χ1) is 13.7. The highest BCUT2D eigenvalue weighted by Gasteiger charge is 2.24. The van der Waals surface area contributed by atoms with Gasteiger partial charge in [0.25, 0.3) is 5.91 Å². The molecule has 1 atom stereocenters. The zero-order valence-corrected chi connectivity index (χ0v) is 15.6. The first-order valence-electron chi connectivity index (χ1n) is 9.60. The van der Waals surface area contributed by atoms with Gasteiger partial charge in [-0.25, -0.2) is 4.39 Å². The van der Waals surface area contributed by atoms with E-state index in [0.29, 0.717) is 5.56 Å². The third-order valence-electron chi connectivity index (χ3n) is 5.18. The molecule has 0 bridgehead atoms. The number of carbonyl (C=O) groups is 1. The molecule has 28 heavy (non-hydrogen) atoms. The van der Waals surface area contributed by atoms with Gasteiger partial charge in [0.15, 0.2) is 0 Å². The zero-order valence-electron chi connectivity index (χ0n) is 15.6. The van der Waals surface area contributed by atoms with Gasteiger partial charge in [0.1, 0.15) is 5.82 Å². The fourth-order valence-corrected chi connectivity index (χ4v) is 3.66. The minimum Gasteiger partial charge on any atom is -0.348 e. The summed E-state index contributed by atoms with van der Waals surface area (Å²) in [6, 6.07) is 24.4. The topological polar surface area (TPSA) is 32.3 Å². The molecule has 1 amide bonds. The highest BCUT2D eigenvalue weighted by atomic mass is 19.1. The Morgan fingerprint density at radius 3 is 2.25 bits per heavy atom. The van der Waals surface area contributed by atoms with Gasteiger partial charge in [-0.1, -0.05) is 54.6 Å². The molecule has 142 valence electrons. The molecule has 0 aliphatic carbocycles. The van der Waals surface area contributed by atoms with Gasteiger partial charge in [-0.05, 0) is 47.4 Å². The standard InChI is InChI=1S/C24H23FN2O/c25-22-12-10-20(11-13-22)19-6-8-21(9-7-19)24(28)26-23-14-15-27(17-23)16-18-4-2-1-3-5-18/h1-13,23H,14-17H2,(H,26,28). The average Bonchev–Trinajstić information content (AvgIpc) is 3.16. The van der Waals surface area contributed by atoms with Crippen molar-refractivity contribution in [1.82, 2.24) is 10.2 Å². The molecule has 3 aromatic rings. The number of nitrogens with one attached hydrogen (secondary N) is 1. The molecular weight excluding hydrogens is 351 g/mol. The number of hydrogen-bond acceptors (Lipinski definition) is 2. The number of hydrogen-bond donors (Lipinski definition) is 1. The van der Waals surface area contributed by atoms with E-state index in [1.807, 2.05) is 30.3 Å². The molecule has 0 radical (unpaired) electrons. The first kappa shape index (κ1) is 18.4.